The number of anilines is 1. The fraction of sp³-hybridized carbons (Fsp3) is 0.333. The van der Waals surface area contributed by atoms with Gasteiger partial charge in [-0.05, 0) is 56.8 Å². The lowest BCUT2D eigenvalue weighted by Gasteiger charge is -2.29. The highest BCUT2D eigenvalue weighted by atomic mass is 79.9. The molecule has 0 unspecified atom stereocenters. The predicted octanol–water partition coefficient (Wildman–Crippen LogP) is 5.11. The topological polar surface area (TPSA) is 90.9 Å². The molecule has 3 heterocycles. The summed E-state index contributed by atoms with van der Waals surface area (Å²) in [6.07, 6.45) is -0.260. The smallest absolute Gasteiger partial charge is 0.410 e. The van der Waals surface area contributed by atoms with Crippen molar-refractivity contribution in [2.24, 2.45) is 0 Å². The highest BCUT2D eigenvalue weighted by Gasteiger charge is 2.36. The molecule has 7 nitrogen and oxygen atoms in total. The normalized spacial score (nSPS) is 17.9. The second-order valence-electron chi connectivity index (χ2n) is 6.55. The molecule has 0 saturated carbocycles. The molecule has 154 valence electrons. The van der Waals surface area contributed by atoms with E-state index < -0.39 is 6.17 Å². The number of carbonyl (C=O) groups is 2. The van der Waals surface area contributed by atoms with Crippen LogP contribution in [-0.4, -0.2) is 35.2 Å². The van der Waals surface area contributed by atoms with E-state index >= 15 is 0 Å². The molecule has 29 heavy (non-hydrogen) atoms. The van der Waals surface area contributed by atoms with Crippen molar-refractivity contribution in [3.8, 4) is 5.75 Å². The van der Waals surface area contributed by atoms with Crippen LogP contribution in [0.25, 0.3) is 0 Å². The van der Waals surface area contributed by atoms with E-state index in [2.05, 4.69) is 58.4 Å². The third-order valence-corrected chi connectivity index (χ3v) is 8.04. The Morgan fingerprint density at radius 3 is 2.83 bits per heavy atom. The predicted molar refractivity (Wildman–Crippen MR) is 120 cm³/mol. The van der Waals surface area contributed by atoms with Crippen molar-refractivity contribution in [2.75, 3.05) is 18.5 Å². The number of nitrogens with zero attached hydrogens (tertiary/aromatic N) is 1. The number of fused-ring (bicyclic) bond motifs is 3. The molecule has 1 aromatic heterocycles. The van der Waals surface area contributed by atoms with Crippen LogP contribution in [0.3, 0.4) is 0 Å². The number of rotatable bonds is 2. The number of carbonyl (C=O) groups excluding carboxylic acids is 2. The molecular weight excluding hydrogens is 594 g/mol. The van der Waals surface area contributed by atoms with Crippen LogP contribution in [0.1, 0.15) is 39.5 Å². The molecule has 11 heteroatoms. The summed E-state index contributed by atoms with van der Waals surface area (Å²) in [6.45, 7) is 3.06. The summed E-state index contributed by atoms with van der Waals surface area (Å²) in [4.78, 5) is 27.6. The molecule has 1 atom stereocenters. The third-order valence-electron chi connectivity index (χ3n) is 4.83. The van der Waals surface area contributed by atoms with Crippen molar-refractivity contribution in [1.82, 2.24) is 10.2 Å². The molecule has 0 aliphatic carbocycles. The lowest BCUT2D eigenvalue weighted by atomic mass is 10.0. The molecule has 0 bridgehead atoms. The SMILES string of the molecule is CCOC(=O)N1CCc2c(sc3c2C(=O)N[C@H](c2c(Br)cc(Br)c(O)c2Br)N3)C1. The number of halogens is 3. The van der Waals surface area contributed by atoms with E-state index in [1.54, 1.807) is 17.9 Å². The van der Waals surface area contributed by atoms with Gasteiger partial charge in [0.1, 0.15) is 16.9 Å². The summed E-state index contributed by atoms with van der Waals surface area (Å²) in [6, 6.07) is 1.73. The number of amides is 2. The number of phenols is 1. The summed E-state index contributed by atoms with van der Waals surface area (Å²) in [5.74, 6) is -0.118. The average molecular weight is 610 g/mol. The first-order valence-corrected chi connectivity index (χ1v) is 12.0. The van der Waals surface area contributed by atoms with E-state index in [1.165, 1.54) is 11.3 Å². The van der Waals surface area contributed by atoms with Crippen LogP contribution in [0.15, 0.2) is 19.5 Å². The number of aromatic hydroxyl groups is 1. The van der Waals surface area contributed by atoms with E-state index in [9.17, 15) is 14.7 Å². The van der Waals surface area contributed by atoms with Crippen LogP contribution in [0.5, 0.6) is 5.75 Å². The van der Waals surface area contributed by atoms with E-state index in [4.69, 9.17) is 4.74 Å². The van der Waals surface area contributed by atoms with Gasteiger partial charge in [-0.3, -0.25) is 4.79 Å². The molecular formula is C18H16Br3N3O4S. The maximum atomic E-state index is 12.9. The van der Waals surface area contributed by atoms with Gasteiger partial charge in [-0.2, -0.15) is 0 Å². The summed E-state index contributed by atoms with van der Waals surface area (Å²) < 4.78 is 6.84. The Kier molecular flexibility index (Phi) is 5.84. The molecule has 0 fully saturated rings. The quantitative estimate of drug-likeness (QED) is 0.440. The van der Waals surface area contributed by atoms with Gasteiger partial charge >= 0.3 is 6.09 Å². The molecule has 2 amide bonds. The minimum Gasteiger partial charge on any atom is -0.506 e. The van der Waals surface area contributed by atoms with Crippen LogP contribution >= 0.6 is 59.1 Å². The van der Waals surface area contributed by atoms with Gasteiger partial charge in [-0.15, -0.1) is 11.3 Å². The summed E-state index contributed by atoms with van der Waals surface area (Å²) in [7, 11) is 0. The van der Waals surface area contributed by atoms with Gasteiger partial charge in [-0.1, -0.05) is 15.9 Å². The standard InChI is InChI=1S/C18H16Br3N3O4S/c1-2-28-18(27)24-4-3-7-10(6-24)29-17-11(7)16(26)22-15(23-17)12-8(19)5-9(20)14(25)13(12)21/h5,15,23,25H,2-4,6H2,1H3,(H,22,26)/t15-/m0/s1. The van der Waals surface area contributed by atoms with Crippen molar-refractivity contribution in [3.63, 3.8) is 0 Å². The highest BCUT2D eigenvalue weighted by molar-refractivity contribution is 9.11. The molecule has 4 rings (SSSR count). The molecule has 1 aromatic carbocycles. The van der Waals surface area contributed by atoms with Crippen molar-refractivity contribution in [1.29, 1.82) is 0 Å². The zero-order chi connectivity index (χ0) is 20.9. The van der Waals surface area contributed by atoms with E-state index in [1.807, 2.05) is 0 Å². The number of hydrogen-bond acceptors (Lipinski definition) is 6. The maximum Gasteiger partial charge on any atom is 0.410 e. The molecule has 2 aromatic rings. The van der Waals surface area contributed by atoms with Crippen LogP contribution in [0.2, 0.25) is 0 Å². The number of benzene rings is 1. The zero-order valence-corrected chi connectivity index (χ0v) is 20.7. The minimum atomic E-state index is -0.529. The van der Waals surface area contributed by atoms with Crippen LogP contribution in [-0.2, 0) is 17.7 Å². The van der Waals surface area contributed by atoms with Crippen LogP contribution < -0.4 is 10.6 Å². The fourth-order valence-electron chi connectivity index (χ4n) is 3.49. The second kappa shape index (κ2) is 8.09. The van der Waals surface area contributed by atoms with Gasteiger partial charge in [0.15, 0.2) is 0 Å². The molecule has 2 aliphatic heterocycles. The Balaban J connectivity index is 1.66. The number of hydrogen-bond donors (Lipinski definition) is 3. The minimum absolute atomic E-state index is 0.0561. The number of phenolic OH excluding ortho intramolecular Hbond substituents is 1. The summed E-state index contributed by atoms with van der Waals surface area (Å²) in [5.41, 5.74) is 2.30. The zero-order valence-electron chi connectivity index (χ0n) is 15.1. The second-order valence-corrected chi connectivity index (χ2v) is 10.2. The van der Waals surface area contributed by atoms with Gasteiger partial charge in [0.25, 0.3) is 5.91 Å². The van der Waals surface area contributed by atoms with Gasteiger partial charge in [0.2, 0.25) is 0 Å². The first-order chi connectivity index (χ1) is 13.8. The average Bonchev–Trinajstić information content (AvgIpc) is 3.04. The van der Waals surface area contributed by atoms with E-state index in [-0.39, 0.29) is 17.7 Å². The van der Waals surface area contributed by atoms with Crippen LogP contribution in [0.4, 0.5) is 9.80 Å². The first-order valence-electron chi connectivity index (χ1n) is 8.81. The van der Waals surface area contributed by atoms with Crippen molar-refractivity contribution in [3.05, 3.63) is 41.1 Å². The van der Waals surface area contributed by atoms with E-state index in [0.29, 0.717) is 46.2 Å². The Bertz CT molecular complexity index is 1030. The Morgan fingerprint density at radius 2 is 2.10 bits per heavy atom. The largest absolute Gasteiger partial charge is 0.506 e. The van der Waals surface area contributed by atoms with Crippen molar-refractivity contribution >= 4 is 76.1 Å². The highest BCUT2D eigenvalue weighted by Crippen LogP contribution is 2.46. The lowest BCUT2D eigenvalue weighted by molar-refractivity contribution is 0.0934. The Hall–Kier alpha value is -1.30. The molecule has 0 saturated heterocycles. The number of nitrogens with one attached hydrogen (secondary N) is 2. The third kappa shape index (κ3) is 3.66. The Morgan fingerprint density at radius 1 is 1.34 bits per heavy atom. The van der Waals surface area contributed by atoms with Crippen molar-refractivity contribution in [2.45, 2.75) is 26.1 Å². The lowest BCUT2D eigenvalue weighted by Crippen LogP contribution is -2.40. The molecule has 2 aliphatic rings. The maximum absolute atomic E-state index is 12.9. The van der Waals surface area contributed by atoms with Gasteiger partial charge in [0.05, 0.1) is 27.7 Å². The molecule has 0 spiro atoms. The summed E-state index contributed by atoms with van der Waals surface area (Å²) in [5, 5.41) is 17.4. The number of thiophene rings is 1. The monoisotopic (exact) mass is 607 g/mol. The molecule has 0 radical (unpaired) electrons. The van der Waals surface area contributed by atoms with Crippen molar-refractivity contribution < 1.29 is 19.4 Å². The van der Waals surface area contributed by atoms with Gasteiger partial charge in [-0.25, -0.2) is 4.79 Å². The van der Waals surface area contributed by atoms with Crippen LogP contribution in [0, 0.1) is 0 Å². The van der Waals surface area contributed by atoms with Gasteiger partial charge in [0, 0.05) is 21.5 Å². The first kappa shape index (κ1) is 21.0. The molecule has 3 N–H and O–H groups in total. The number of ether oxygens (including phenoxy) is 1. The Labute approximate surface area is 196 Å². The fourth-order valence-corrected chi connectivity index (χ4v) is 7.36. The summed E-state index contributed by atoms with van der Waals surface area (Å²) >= 11 is 11.7. The van der Waals surface area contributed by atoms with E-state index in [0.717, 1.165) is 19.9 Å². The van der Waals surface area contributed by atoms with Gasteiger partial charge < -0.3 is 25.4 Å².